The Morgan fingerprint density at radius 1 is 1.50 bits per heavy atom. The normalized spacial score (nSPS) is 25.9. The third kappa shape index (κ3) is 2.35. The fraction of sp³-hybridized carbons (Fsp3) is 0.818. The fourth-order valence-electron chi connectivity index (χ4n) is 2.56. The molecule has 4 nitrogen and oxygen atoms in total. The van der Waals surface area contributed by atoms with Crippen LogP contribution in [0.15, 0.2) is 0 Å². The van der Waals surface area contributed by atoms with E-state index in [1.807, 2.05) is 4.57 Å². The number of aromatic amines is 1. The summed E-state index contributed by atoms with van der Waals surface area (Å²) in [5, 5.41) is 15.9. The van der Waals surface area contributed by atoms with Crippen LogP contribution in [-0.2, 0) is 13.2 Å². The molecule has 1 heterocycles. The maximum absolute atomic E-state index is 9.18. The van der Waals surface area contributed by atoms with E-state index in [9.17, 15) is 5.11 Å². The van der Waals surface area contributed by atoms with Gasteiger partial charge in [0, 0.05) is 6.54 Å². The summed E-state index contributed by atoms with van der Waals surface area (Å²) in [6, 6.07) is 0. The van der Waals surface area contributed by atoms with Gasteiger partial charge in [0.25, 0.3) is 0 Å². The first-order valence-corrected chi connectivity index (χ1v) is 6.38. The zero-order valence-electron chi connectivity index (χ0n) is 9.65. The molecule has 0 saturated heterocycles. The van der Waals surface area contributed by atoms with Crippen LogP contribution < -0.4 is 0 Å². The molecule has 1 fully saturated rings. The summed E-state index contributed by atoms with van der Waals surface area (Å²) in [6.45, 7) is 3.16. The number of aliphatic hydroxyl groups is 1. The number of hydrogen-bond donors (Lipinski definition) is 2. The highest BCUT2D eigenvalue weighted by atomic mass is 32.1. The van der Waals surface area contributed by atoms with Gasteiger partial charge < -0.3 is 9.67 Å². The van der Waals surface area contributed by atoms with Crippen molar-refractivity contribution in [3.63, 3.8) is 0 Å². The highest BCUT2D eigenvalue weighted by molar-refractivity contribution is 7.71. The van der Waals surface area contributed by atoms with Crippen molar-refractivity contribution in [2.24, 2.45) is 11.8 Å². The molecule has 90 valence electrons. The molecule has 1 aromatic heterocycles. The molecule has 0 amide bonds. The van der Waals surface area contributed by atoms with Crippen molar-refractivity contribution in [3.8, 4) is 0 Å². The standard InChI is InChI=1S/C11H19N3OS/c1-8-4-2-3-5-9(8)6-14-10(7-15)12-13-11(14)16/h8-9,15H,2-7H2,1H3,(H,13,16). The molecule has 0 aliphatic heterocycles. The van der Waals surface area contributed by atoms with Crippen LogP contribution in [0.25, 0.3) is 0 Å². The Labute approximate surface area is 101 Å². The number of nitrogens with zero attached hydrogens (tertiary/aromatic N) is 2. The first-order valence-electron chi connectivity index (χ1n) is 5.97. The Kier molecular flexibility index (Phi) is 3.76. The Morgan fingerprint density at radius 2 is 2.25 bits per heavy atom. The van der Waals surface area contributed by atoms with Crippen LogP contribution in [0.3, 0.4) is 0 Å². The van der Waals surface area contributed by atoms with Crippen molar-refractivity contribution in [2.75, 3.05) is 0 Å². The van der Waals surface area contributed by atoms with E-state index in [4.69, 9.17) is 12.2 Å². The second-order valence-electron chi connectivity index (χ2n) is 4.74. The van der Waals surface area contributed by atoms with Gasteiger partial charge >= 0.3 is 0 Å². The molecule has 1 aliphatic carbocycles. The van der Waals surface area contributed by atoms with Crippen LogP contribution in [0.2, 0.25) is 0 Å². The highest BCUT2D eigenvalue weighted by Crippen LogP contribution is 2.30. The number of aromatic nitrogens is 3. The van der Waals surface area contributed by atoms with E-state index in [1.54, 1.807) is 0 Å². The maximum Gasteiger partial charge on any atom is 0.195 e. The van der Waals surface area contributed by atoms with E-state index in [1.165, 1.54) is 25.7 Å². The highest BCUT2D eigenvalue weighted by Gasteiger charge is 2.22. The molecule has 2 N–H and O–H groups in total. The molecule has 1 aliphatic rings. The van der Waals surface area contributed by atoms with Gasteiger partial charge in [0.1, 0.15) is 6.61 Å². The van der Waals surface area contributed by atoms with Gasteiger partial charge in [-0.25, -0.2) is 0 Å². The van der Waals surface area contributed by atoms with Crippen molar-refractivity contribution in [3.05, 3.63) is 10.6 Å². The van der Waals surface area contributed by atoms with Gasteiger partial charge in [-0.15, -0.1) is 0 Å². The Bertz CT molecular complexity index is 398. The predicted molar refractivity (Wildman–Crippen MR) is 64.5 cm³/mol. The number of nitrogens with one attached hydrogen (secondary N) is 1. The van der Waals surface area contributed by atoms with E-state index in [-0.39, 0.29) is 6.61 Å². The molecule has 0 radical (unpaired) electrons. The number of H-pyrrole nitrogens is 1. The minimum Gasteiger partial charge on any atom is -0.388 e. The summed E-state index contributed by atoms with van der Waals surface area (Å²) >= 11 is 5.18. The molecular formula is C11H19N3OS. The van der Waals surface area contributed by atoms with Gasteiger partial charge in [-0.2, -0.15) is 5.10 Å². The minimum absolute atomic E-state index is 0.0474. The van der Waals surface area contributed by atoms with E-state index in [0.717, 1.165) is 12.5 Å². The topological polar surface area (TPSA) is 53.8 Å². The average Bonchev–Trinajstić information content (AvgIpc) is 2.63. The predicted octanol–water partition coefficient (Wildman–Crippen LogP) is 2.26. The molecule has 1 saturated carbocycles. The number of rotatable bonds is 3. The van der Waals surface area contributed by atoms with Gasteiger partial charge in [-0.3, -0.25) is 5.10 Å². The molecule has 16 heavy (non-hydrogen) atoms. The second kappa shape index (κ2) is 5.10. The van der Waals surface area contributed by atoms with Crippen LogP contribution in [0.1, 0.15) is 38.4 Å². The van der Waals surface area contributed by atoms with Crippen LogP contribution in [0.4, 0.5) is 0 Å². The molecule has 0 bridgehead atoms. The number of hydrogen-bond acceptors (Lipinski definition) is 3. The maximum atomic E-state index is 9.18. The van der Waals surface area contributed by atoms with E-state index in [2.05, 4.69) is 17.1 Å². The Morgan fingerprint density at radius 3 is 2.94 bits per heavy atom. The lowest BCUT2D eigenvalue weighted by atomic mass is 9.80. The molecule has 2 rings (SSSR count). The van der Waals surface area contributed by atoms with Crippen molar-refractivity contribution in [1.29, 1.82) is 0 Å². The molecule has 0 aromatic carbocycles. The summed E-state index contributed by atoms with van der Waals surface area (Å²) in [5.41, 5.74) is 0. The largest absolute Gasteiger partial charge is 0.388 e. The SMILES string of the molecule is CC1CCCCC1Cn1c(CO)n[nH]c1=S. The van der Waals surface area contributed by atoms with Crippen LogP contribution >= 0.6 is 12.2 Å². The Hall–Kier alpha value is -0.680. The smallest absolute Gasteiger partial charge is 0.195 e. The second-order valence-corrected chi connectivity index (χ2v) is 5.12. The van der Waals surface area contributed by atoms with Gasteiger partial charge in [-0.05, 0) is 30.5 Å². The lowest BCUT2D eigenvalue weighted by Crippen LogP contribution is -2.23. The molecule has 0 spiro atoms. The average molecular weight is 241 g/mol. The van der Waals surface area contributed by atoms with Crippen molar-refractivity contribution in [1.82, 2.24) is 14.8 Å². The van der Waals surface area contributed by atoms with Crippen LogP contribution in [-0.4, -0.2) is 19.9 Å². The summed E-state index contributed by atoms with van der Waals surface area (Å²) in [7, 11) is 0. The lowest BCUT2D eigenvalue weighted by molar-refractivity contribution is 0.215. The van der Waals surface area contributed by atoms with Crippen molar-refractivity contribution >= 4 is 12.2 Å². The van der Waals surface area contributed by atoms with Gasteiger partial charge in [0.15, 0.2) is 10.6 Å². The van der Waals surface area contributed by atoms with Crippen molar-refractivity contribution in [2.45, 2.75) is 45.8 Å². The van der Waals surface area contributed by atoms with E-state index in [0.29, 0.717) is 16.5 Å². The number of aliphatic hydroxyl groups excluding tert-OH is 1. The molecule has 2 unspecified atom stereocenters. The molecule has 2 atom stereocenters. The summed E-state index contributed by atoms with van der Waals surface area (Å²) in [5.74, 6) is 2.07. The van der Waals surface area contributed by atoms with Crippen molar-refractivity contribution < 1.29 is 5.11 Å². The van der Waals surface area contributed by atoms with Crippen LogP contribution in [0, 0.1) is 16.6 Å². The van der Waals surface area contributed by atoms with Gasteiger partial charge in [0.2, 0.25) is 0 Å². The monoisotopic (exact) mass is 241 g/mol. The molecule has 5 heteroatoms. The third-order valence-electron chi connectivity index (χ3n) is 3.68. The lowest BCUT2D eigenvalue weighted by Gasteiger charge is -2.29. The molecule has 1 aromatic rings. The zero-order chi connectivity index (χ0) is 11.5. The van der Waals surface area contributed by atoms with E-state index < -0.39 is 0 Å². The Balaban J connectivity index is 2.13. The summed E-state index contributed by atoms with van der Waals surface area (Å²) in [4.78, 5) is 0. The quantitative estimate of drug-likeness (QED) is 0.798. The van der Waals surface area contributed by atoms with Gasteiger partial charge in [-0.1, -0.05) is 26.2 Å². The summed E-state index contributed by atoms with van der Waals surface area (Å²) < 4.78 is 2.57. The molecular weight excluding hydrogens is 222 g/mol. The fourth-order valence-corrected chi connectivity index (χ4v) is 2.78. The summed E-state index contributed by atoms with van der Waals surface area (Å²) in [6.07, 6.45) is 5.24. The van der Waals surface area contributed by atoms with Crippen LogP contribution in [0.5, 0.6) is 0 Å². The minimum atomic E-state index is -0.0474. The first-order chi connectivity index (χ1) is 7.72. The third-order valence-corrected chi connectivity index (χ3v) is 4.00. The first kappa shape index (κ1) is 11.8. The van der Waals surface area contributed by atoms with E-state index >= 15 is 0 Å². The van der Waals surface area contributed by atoms with Gasteiger partial charge in [0.05, 0.1) is 0 Å². The zero-order valence-corrected chi connectivity index (χ0v) is 10.5.